The summed E-state index contributed by atoms with van der Waals surface area (Å²) in [6.45, 7) is 0.250. The zero-order chi connectivity index (χ0) is 14.4. The maximum absolute atomic E-state index is 11.0. The number of aliphatic carboxylic acids is 1. The molecule has 0 amide bonds. The number of carbonyl (C=O) groups excluding carboxylic acids is 1. The number of hydrogen-bond acceptors (Lipinski definition) is 5. The molecule has 0 saturated heterocycles. The van der Waals surface area contributed by atoms with Gasteiger partial charge in [-0.3, -0.25) is 0 Å². The fourth-order valence-corrected chi connectivity index (χ4v) is 1.89. The van der Waals surface area contributed by atoms with Gasteiger partial charge in [0.15, 0.2) is 11.5 Å². The van der Waals surface area contributed by atoms with Gasteiger partial charge in [0.2, 0.25) is 5.75 Å². The number of hydrogen-bond donors (Lipinski definition) is 1. The van der Waals surface area contributed by atoms with E-state index in [0.717, 1.165) is 5.56 Å². The van der Waals surface area contributed by atoms with E-state index in [0.29, 0.717) is 17.2 Å². The number of ether oxygens (including phenoxy) is 3. The Bertz CT molecular complexity index is 447. The van der Waals surface area contributed by atoms with E-state index in [2.05, 4.69) is 5.73 Å². The molecule has 106 valence electrons. The fourth-order valence-electron chi connectivity index (χ4n) is 1.89. The third-order valence-corrected chi connectivity index (χ3v) is 2.93. The van der Waals surface area contributed by atoms with Crippen LogP contribution in [0.5, 0.6) is 17.2 Å². The van der Waals surface area contributed by atoms with Crippen LogP contribution in [0.3, 0.4) is 0 Å². The van der Waals surface area contributed by atoms with Gasteiger partial charge in [-0.1, -0.05) is 6.07 Å². The smallest absolute Gasteiger partial charge is 0.203 e. The second-order valence-corrected chi connectivity index (χ2v) is 4.00. The Balaban J connectivity index is 3.17. The largest absolute Gasteiger partial charge is 0.550 e. The quantitative estimate of drug-likeness (QED) is 0.675. The van der Waals surface area contributed by atoms with Crippen LogP contribution in [0.2, 0.25) is 0 Å². The van der Waals surface area contributed by atoms with E-state index >= 15 is 0 Å². The minimum absolute atomic E-state index is 0.250. The van der Waals surface area contributed by atoms with Crippen LogP contribution in [0.25, 0.3) is 0 Å². The van der Waals surface area contributed by atoms with Crippen molar-refractivity contribution in [2.24, 2.45) is 5.92 Å². The molecule has 0 aliphatic heterocycles. The van der Waals surface area contributed by atoms with E-state index in [1.54, 1.807) is 12.1 Å². The van der Waals surface area contributed by atoms with Gasteiger partial charge < -0.3 is 29.8 Å². The number of benzene rings is 1. The van der Waals surface area contributed by atoms with Crippen LogP contribution >= 0.6 is 0 Å². The number of carboxylic acid groups (broad SMARTS) is 1. The Labute approximate surface area is 112 Å². The van der Waals surface area contributed by atoms with Crippen molar-refractivity contribution in [3.05, 3.63) is 17.7 Å². The maximum Gasteiger partial charge on any atom is 0.203 e. The summed E-state index contributed by atoms with van der Waals surface area (Å²) in [5.74, 6) is -0.327. The molecular formula is C13H19NO5. The van der Waals surface area contributed by atoms with Crippen molar-refractivity contribution in [3.8, 4) is 17.2 Å². The summed E-state index contributed by atoms with van der Waals surface area (Å²) < 4.78 is 15.7. The molecule has 1 aromatic carbocycles. The van der Waals surface area contributed by atoms with Gasteiger partial charge in [0.05, 0.1) is 39.8 Å². The summed E-state index contributed by atoms with van der Waals surface area (Å²) in [6, 6.07) is 3.47. The molecule has 6 nitrogen and oxygen atoms in total. The predicted octanol–water partition coefficient (Wildman–Crippen LogP) is -1.14. The van der Waals surface area contributed by atoms with E-state index in [-0.39, 0.29) is 13.0 Å². The summed E-state index contributed by atoms with van der Waals surface area (Å²) in [5.41, 5.74) is 4.34. The first-order valence-electron chi connectivity index (χ1n) is 5.86. The van der Waals surface area contributed by atoms with Crippen molar-refractivity contribution in [3.63, 3.8) is 0 Å². The number of carboxylic acids is 1. The number of carbonyl (C=O) groups is 1. The van der Waals surface area contributed by atoms with Crippen LogP contribution in [0, 0.1) is 5.92 Å². The van der Waals surface area contributed by atoms with E-state index in [1.165, 1.54) is 21.3 Å². The third-order valence-electron chi connectivity index (χ3n) is 2.93. The second kappa shape index (κ2) is 6.84. The van der Waals surface area contributed by atoms with Crippen LogP contribution < -0.4 is 25.1 Å². The Morgan fingerprint density at radius 2 is 1.84 bits per heavy atom. The predicted molar refractivity (Wildman–Crippen MR) is 66.1 cm³/mol. The van der Waals surface area contributed by atoms with Crippen molar-refractivity contribution < 1.29 is 29.8 Å². The molecular weight excluding hydrogens is 250 g/mol. The molecule has 6 heteroatoms. The lowest BCUT2D eigenvalue weighted by Crippen LogP contribution is -2.57. The molecule has 0 aliphatic rings. The highest BCUT2D eigenvalue weighted by Gasteiger charge is 2.19. The number of rotatable bonds is 7. The van der Waals surface area contributed by atoms with Gasteiger partial charge in [0.1, 0.15) is 0 Å². The summed E-state index contributed by atoms with van der Waals surface area (Å²) in [7, 11) is 4.53. The summed E-state index contributed by atoms with van der Waals surface area (Å²) >= 11 is 0. The van der Waals surface area contributed by atoms with Gasteiger partial charge in [0.25, 0.3) is 0 Å². The van der Waals surface area contributed by atoms with Gasteiger partial charge in [-0.25, -0.2) is 0 Å². The molecule has 1 aromatic rings. The zero-order valence-corrected chi connectivity index (χ0v) is 11.4. The fraction of sp³-hybridized carbons (Fsp3) is 0.462. The molecule has 1 atom stereocenters. The average Bonchev–Trinajstić information content (AvgIpc) is 2.42. The number of quaternary nitrogens is 1. The highest BCUT2D eigenvalue weighted by atomic mass is 16.5. The lowest BCUT2D eigenvalue weighted by molar-refractivity contribution is -0.387. The van der Waals surface area contributed by atoms with Crippen molar-refractivity contribution >= 4 is 5.97 Å². The molecule has 0 heterocycles. The maximum atomic E-state index is 11.0. The highest BCUT2D eigenvalue weighted by molar-refractivity contribution is 5.69. The van der Waals surface area contributed by atoms with E-state index in [1.807, 2.05) is 0 Å². The Hall–Kier alpha value is -1.95. The zero-order valence-electron chi connectivity index (χ0n) is 11.4. The van der Waals surface area contributed by atoms with E-state index in [9.17, 15) is 9.90 Å². The van der Waals surface area contributed by atoms with Crippen molar-refractivity contribution in [1.29, 1.82) is 0 Å². The molecule has 0 spiro atoms. The lowest BCUT2D eigenvalue weighted by Gasteiger charge is -2.19. The molecule has 0 bridgehead atoms. The summed E-state index contributed by atoms with van der Waals surface area (Å²) in [5, 5.41) is 11.0. The normalized spacial score (nSPS) is 11.8. The first kappa shape index (κ1) is 15.1. The van der Waals surface area contributed by atoms with Crippen LogP contribution in [0.4, 0.5) is 0 Å². The van der Waals surface area contributed by atoms with Gasteiger partial charge in [0, 0.05) is 0 Å². The summed E-state index contributed by atoms with van der Waals surface area (Å²) in [4.78, 5) is 11.0. The molecule has 19 heavy (non-hydrogen) atoms. The second-order valence-electron chi connectivity index (χ2n) is 4.00. The van der Waals surface area contributed by atoms with Crippen LogP contribution in [0.1, 0.15) is 5.56 Å². The Kier molecular flexibility index (Phi) is 5.44. The van der Waals surface area contributed by atoms with Gasteiger partial charge >= 0.3 is 0 Å². The monoisotopic (exact) mass is 269 g/mol. The first-order valence-corrected chi connectivity index (χ1v) is 5.86. The van der Waals surface area contributed by atoms with Gasteiger partial charge in [-0.05, 0) is 18.1 Å². The van der Waals surface area contributed by atoms with Crippen LogP contribution in [-0.2, 0) is 11.2 Å². The van der Waals surface area contributed by atoms with Crippen LogP contribution in [0.15, 0.2) is 12.1 Å². The van der Waals surface area contributed by atoms with Crippen molar-refractivity contribution in [2.75, 3.05) is 27.9 Å². The van der Waals surface area contributed by atoms with Crippen LogP contribution in [-0.4, -0.2) is 33.8 Å². The minimum Gasteiger partial charge on any atom is -0.550 e. The molecule has 0 radical (unpaired) electrons. The molecule has 0 fully saturated rings. The average molecular weight is 269 g/mol. The Morgan fingerprint density at radius 3 is 2.26 bits per heavy atom. The minimum atomic E-state index is -1.12. The van der Waals surface area contributed by atoms with Crippen molar-refractivity contribution in [1.82, 2.24) is 0 Å². The molecule has 3 N–H and O–H groups in total. The highest BCUT2D eigenvalue weighted by Crippen LogP contribution is 2.40. The molecule has 0 aromatic heterocycles. The van der Waals surface area contributed by atoms with E-state index < -0.39 is 11.9 Å². The SMILES string of the molecule is COc1ccc(C[C@H](C[NH3+])C(=O)[O-])c(OC)c1OC. The van der Waals surface area contributed by atoms with Crippen molar-refractivity contribution in [2.45, 2.75) is 6.42 Å². The third kappa shape index (κ3) is 3.29. The molecule has 0 unspecified atom stereocenters. The molecule has 0 saturated carbocycles. The standard InChI is InChI=1S/C13H19NO5/c1-17-10-5-4-8(6-9(7-14)13(15)16)11(18-2)12(10)19-3/h4-5,9H,6-7,14H2,1-3H3,(H,15,16)/t9-/m1/s1. The molecule has 0 aliphatic carbocycles. The topological polar surface area (TPSA) is 95.5 Å². The van der Waals surface area contributed by atoms with Gasteiger partial charge in [-0.2, -0.15) is 0 Å². The summed E-state index contributed by atoms with van der Waals surface area (Å²) in [6.07, 6.45) is 0.273. The Morgan fingerprint density at radius 1 is 1.21 bits per heavy atom. The van der Waals surface area contributed by atoms with E-state index in [4.69, 9.17) is 14.2 Å². The van der Waals surface area contributed by atoms with Gasteiger partial charge in [-0.15, -0.1) is 0 Å². The number of methoxy groups -OCH3 is 3. The lowest BCUT2D eigenvalue weighted by atomic mass is 9.98. The first-order chi connectivity index (χ1) is 9.08. The molecule has 1 rings (SSSR count).